The van der Waals surface area contributed by atoms with Crippen molar-refractivity contribution in [3.05, 3.63) is 91.5 Å². The zero-order valence-corrected chi connectivity index (χ0v) is 25.0. The van der Waals surface area contributed by atoms with Crippen LogP contribution in [0, 0.1) is 14.9 Å². The number of carbonyl (C=O) groups excluding carboxylic acids is 1. The molecule has 202 valence electrons. The van der Waals surface area contributed by atoms with Gasteiger partial charge >= 0.3 is 12.1 Å². The van der Waals surface area contributed by atoms with Gasteiger partial charge in [-0.05, 0) is 65.4 Å². The van der Waals surface area contributed by atoms with Gasteiger partial charge in [-0.1, -0.05) is 51.0 Å². The molecule has 1 atom stereocenters. The third kappa shape index (κ3) is 6.08. The van der Waals surface area contributed by atoms with Crippen molar-refractivity contribution in [2.75, 3.05) is 13.2 Å². The Morgan fingerprint density at radius 1 is 1.33 bits per heavy atom. The molecule has 1 aromatic heterocycles. The molecule has 0 N–H and O–H groups in total. The van der Waals surface area contributed by atoms with Gasteiger partial charge in [-0.2, -0.15) is 18.4 Å². The lowest BCUT2D eigenvalue weighted by molar-refractivity contribution is -0.140. The van der Waals surface area contributed by atoms with Gasteiger partial charge in [-0.15, -0.1) is 0 Å². The summed E-state index contributed by atoms with van der Waals surface area (Å²) in [7, 11) is 0. The van der Waals surface area contributed by atoms with Crippen LogP contribution in [0.4, 0.5) is 13.2 Å². The number of ether oxygens (including phenoxy) is 2. The first-order chi connectivity index (χ1) is 18.5. The molecule has 0 fully saturated rings. The van der Waals surface area contributed by atoms with Gasteiger partial charge in [0.1, 0.15) is 11.8 Å². The number of alkyl halides is 3. The van der Waals surface area contributed by atoms with Crippen molar-refractivity contribution in [2.45, 2.75) is 19.1 Å². The van der Waals surface area contributed by atoms with Crippen LogP contribution >= 0.6 is 61.5 Å². The highest BCUT2D eigenvalue weighted by molar-refractivity contribution is 14.1. The van der Waals surface area contributed by atoms with E-state index >= 15 is 0 Å². The maximum atomic E-state index is 14.2. The maximum absolute atomic E-state index is 14.2. The van der Waals surface area contributed by atoms with Gasteiger partial charge in [0, 0.05) is 15.1 Å². The summed E-state index contributed by atoms with van der Waals surface area (Å²) in [5.41, 5.74) is -2.30. The summed E-state index contributed by atoms with van der Waals surface area (Å²) < 4.78 is 55.6. The quantitative estimate of drug-likeness (QED) is 0.253. The lowest BCUT2D eigenvalue weighted by Gasteiger charge is -2.26. The van der Waals surface area contributed by atoms with E-state index in [0.29, 0.717) is 24.4 Å². The van der Waals surface area contributed by atoms with Crippen LogP contribution in [0.25, 0.3) is 6.08 Å². The van der Waals surface area contributed by atoms with Crippen LogP contribution < -0.4 is 19.6 Å². The van der Waals surface area contributed by atoms with Crippen LogP contribution in [0.5, 0.6) is 5.75 Å². The van der Waals surface area contributed by atoms with Gasteiger partial charge in [0.2, 0.25) is 0 Å². The average molecular weight is 753 g/mol. The highest BCUT2D eigenvalue weighted by Gasteiger charge is 2.45. The fourth-order valence-electron chi connectivity index (χ4n) is 3.89. The Bertz CT molecular complexity index is 1710. The number of allylic oxidation sites excluding steroid dienone is 1. The van der Waals surface area contributed by atoms with Crippen molar-refractivity contribution in [1.29, 1.82) is 5.26 Å². The number of nitriles is 1. The fourth-order valence-corrected chi connectivity index (χ4v) is 6.71. The van der Waals surface area contributed by atoms with Crippen LogP contribution in [-0.4, -0.2) is 29.9 Å². The summed E-state index contributed by atoms with van der Waals surface area (Å²) in [6.07, 6.45) is -3.57. The summed E-state index contributed by atoms with van der Waals surface area (Å²) >= 11 is 12.1. The Balaban J connectivity index is 2.05. The summed E-state index contributed by atoms with van der Waals surface area (Å²) in [6.45, 7) is 1.02. The SMILES string of the molecule is CCOC(=O)C1=C(C(F)(F)F)N=c2s/c(=C\c3cc(Br)cc(I)c3OCC#N)c(=O)n2[C@H]1c1ccc(Cl)cc1. The second kappa shape index (κ2) is 11.8. The predicted octanol–water partition coefficient (Wildman–Crippen LogP) is 5.26. The number of hydrogen-bond acceptors (Lipinski definition) is 7. The van der Waals surface area contributed by atoms with Gasteiger partial charge < -0.3 is 9.47 Å². The summed E-state index contributed by atoms with van der Waals surface area (Å²) in [6, 6.07) is 9.57. The minimum absolute atomic E-state index is 0.0371. The van der Waals surface area contributed by atoms with E-state index in [4.69, 9.17) is 26.3 Å². The van der Waals surface area contributed by atoms with E-state index in [-0.39, 0.29) is 28.1 Å². The van der Waals surface area contributed by atoms with Gasteiger partial charge in [0.05, 0.1) is 26.3 Å². The van der Waals surface area contributed by atoms with Crippen molar-refractivity contribution < 1.29 is 27.4 Å². The van der Waals surface area contributed by atoms with Crippen LogP contribution in [0.15, 0.2) is 61.9 Å². The minimum Gasteiger partial charge on any atom is -0.477 e. The lowest BCUT2D eigenvalue weighted by atomic mass is 9.95. The molecular weight excluding hydrogens is 738 g/mol. The van der Waals surface area contributed by atoms with Gasteiger partial charge in [0.15, 0.2) is 17.1 Å². The molecule has 14 heteroatoms. The number of carbonyl (C=O) groups is 1. The van der Waals surface area contributed by atoms with E-state index in [9.17, 15) is 22.8 Å². The van der Waals surface area contributed by atoms with Crippen LogP contribution in [0.2, 0.25) is 5.02 Å². The molecule has 2 aromatic carbocycles. The largest absolute Gasteiger partial charge is 0.477 e. The van der Waals surface area contributed by atoms with E-state index in [1.54, 1.807) is 12.1 Å². The van der Waals surface area contributed by atoms with Crippen LogP contribution in [0.3, 0.4) is 0 Å². The van der Waals surface area contributed by atoms with Crippen LogP contribution in [-0.2, 0) is 9.53 Å². The minimum atomic E-state index is -5.01. The van der Waals surface area contributed by atoms with Gasteiger partial charge in [-0.3, -0.25) is 9.36 Å². The molecule has 0 saturated carbocycles. The van der Waals surface area contributed by atoms with E-state index in [1.807, 2.05) is 28.7 Å². The molecule has 3 aromatic rings. The molecule has 0 unspecified atom stereocenters. The third-order valence-electron chi connectivity index (χ3n) is 5.39. The molecule has 4 rings (SSSR count). The molecule has 0 radical (unpaired) electrons. The number of nitrogens with zero attached hydrogens (tertiary/aromatic N) is 3. The molecular formula is C25H15BrClF3IN3O4S. The third-order valence-corrected chi connectivity index (χ3v) is 7.88. The molecule has 2 heterocycles. The topological polar surface area (TPSA) is 93.7 Å². The van der Waals surface area contributed by atoms with E-state index in [2.05, 4.69) is 20.9 Å². The summed E-state index contributed by atoms with van der Waals surface area (Å²) in [5, 5.41) is 9.28. The molecule has 0 spiro atoms. The molecule has 0 bridgehead atoms. The number of hydrogen-bond donors (Lipinski definition) is 0. The Morgan fingerprint density at radius 3 is 2.64 bits per heavy atom. The number of rotatable bonds is 6. The van der Waals surface area contributed by atoms with E-state index < -0.39 is 35.0 Å². The number of benzene rings is 2. The highest BCUT2D eigenvalue weighted by Crippen LogP contribution is 2.38. The maximum Gasteiger partial charge on any atom is 0.434 e. The number of halogens is 6. The first kappa shape index (κ1) is 29.3. The van der Waals surface area contributed by atoms with Crippen molar-refractivity contribution in [3.63, 3.8) is 0 Å². The van der Waals surface area contributed by atoms with E-state index in [0.717, 1.165) is 15.9 Å². The highest BCUT2D eigenvalue weighted by atomic mass is 127. The van der Waals surface area contributed by atoms with Crippen LogP contribution in [0.1, 0.15) is 24.1 Å². The number of esters is 1. The van der Waals surface area contributed by atoms with Crippen molar-refractivity contribution >= 4 is 73.5 Å². The molecule has 7 nitrogen and oxygen atoms in total. The molecule has 0 saturated heterocycles. The summed E-state index contributed by atoms with van der Waals surface area (Å²) in [5.74, 6) is -0.917. The van der Waals surface area contributed by atoms with Crippen molar-refractivity contribution in [3.8, 4) is 11.8 Å². The zero-order chi connectivity index (χ0) is 28.5. The van der Waals surface area contributed by atoms with Gasteiger partial charge in [0.25, 0.3) is 5.56 Å². The smallest absolute Gasteiger partial charge is 0.434 e. The number of thiazole rings is 1. The lowest BCUT2D eigenvalue weighted by Crippen LogP contribution is -2.41. The summed E-state index contributed by atoms with van der Waals surface area (Å²) in [4.78, 5) is 30.1. The Morgan fingerprint density at radius 2 is 2.03 bits per heavy atom. The predicted molar refractivity (Wildman–Crippen MR) is 150 cm³/mol. The van der Waals surface area contributed by atoms with Gasteiger partial charge in [-0.25, -0.2) is 9.79 Å². The molecule has 1 aliphatic heterocycles. The second-order valence-electron chi connectivity index (χ2n) is 7.87. The normalized spacial score (nSPS) is 15.4. The first-order valence-corrected chi connectivity index (χ1v) is 14.1. The fraction of sp³-hybridized carbons (Fsp3) is 0.200. The Labute approximate surface area is 250 Å². The Kier molecular flexibility index (Phi) is 8.89. The zero-order valence-electron chi connectivity index (χ0n) is 19.7. The van der Waals surface area contributed by atoms with Crippen molar-refractivity contribution in [1.82, 2.24) is 4.57 Å². The molecule has 0 aliphatic carbocycles. The standard InChI is InChI=1S/C25H15BrClF3IN3O4S/c1-2-37-23(36)18-19(12-3-5-15(27)6-4-12)34-22(35)17(39-24(34)33-21(18)25(28,29)30)10-13-9-14(26)11-16(31)20(13)38-8-7-32/h3-6,9-11,19H,2,8H2,1H3/b17-10-/t19-/m0/s1. The molecule has 1 aliphatic rings. The monoisotopic (exact) mass is 751 g/mol. The molecule has 39 heavy (non-hydrogen) atoms. The first-order valence-electron chi connectivity index (χ1n) is 11.0. The average Bonchev–Trinajstić information content (AvgIpc) is 3.17. The Hall–Kier alpha value is -2.67. The van der Waals surface area contributed by atoms with Crippen molar-refractivity contribution in [2.24, 2.45) is 4.99 Å². The second-order valence-corrected chi connectivity index (χ2v) is 11.4. The molecule has 0 amide bonds. The number of aromatic nitrogens is 1. The number of fused-ring (bicyclic) bond motifs is 1. The van der Waals surface area contributed by atoms with E-state index in [1.165, 1.54) is 37.3 Å².